The molecule has 8 nitrogen and oxygen atoms in total. The predicted molar refractivity (Wildman–Crippen MR) is 120 cm³/mol. The second kappa shape index (κ2) is 10.2. The predicted octanol–water partition coefficient (Wildman–Crippen LogP) is 2.65. The van der Waals surface area contributed by atoms with Crippen molar-refractivity contribution in [2.24, 2.45) is 4.99 Å². The van der Waals surface area contributed by atoms with Crippen LogP contribution in [-0.2, 0) is 14.8 Å². The third kappa shape index (κ3) is 6.39. The molecule has 9 heteroatoms. The van der Waals surface area contributed by atoms with E-state index in [1.165, 1.54) is 24.1 Å². The molecule has 0 spiro atoms. The minimum absolute atomic E-state index is 0.0333. The summed E-state index contributed by atoms with van der Waals surface area (Å²) >= 11 is 0. The van der Waals surface area contributed by atoms with E-state index in [0.29, 0.717) is 30.1 Å². The highest BCUT2D eigenvalue weighted by Crippen LogP contribution is 2.17. The van der Waals surface area contributed by atoms with Crippen molar-refractivity contribution < 1.29 is 18.0 Å². The number of benzene rings is 2. The van der Waals surface area contributed by atoms with Crippen LogP contribution in [0.5, 0.6) is 0 Å². The van der Waals surface area contributed by atoms with Crippen LogP contribution in [-0.4, -0.2) is 51.1 Å². The van der Waals surface area contributed by atoms with E-state index in [2.05, 4.69) is 15.0 Å². The lowest BCUT2D eigenvalue weighted by Crippen LogP contribution is -2.35. The van der Waals surface area contributed by atoms with Crippen LogP contribution in [0.15, 0.2) is 64.5 Å². The Balaban J connectivity index is 1.63. The molecule has 2 aromatic carbocycles. The number of carbonyl (C=O) groups excluding carboxylic acids is 2. The van der Waals surface area contributed by atoms with E-state index in [1.807, 2.05) is 6.07 Å². The van der Waals surface area contributed by atoms with Crippen LogP contribution in [0.2, 0.25) is 0 Å². The third-order valence-corrected chi connectivity index (χ3v) is 6.18. The lowest BCUT2D eigenvalue weighted by molar-refractivity contribution is -0.116. The number of carbonyl (C=O) groups is 2. The number of anilines is 1. The van der Waals surface area contributed by atoms with E-state index in [9.17, 15) is 18.0 Å². The smallest absolute Gasteiger partial charge is 0.262 e. The molecule has 1 aliphatic heterocycles. The first-order chi connectivity index (χ1) is 14.8. The summed E-state index contributed by atoms with van der Waals surface area (Å²) in [4.78, 5) is 30.4. The Morgan fingerprint density at radius 3 is 2.58 bits per heavy atom. The quantitative estimate of drug-likeness (QED) is 0.717. The highest BCUT2D eigenvalue weighted by Gasteiger charge is 2.19. The number of aliphatic imine (C=N–C) groups is 1. The van der Waals surface area contributed by atoms with Crippen LogP contribution in [0.1, 0.15) is 36.0 Å². The first-order valence-corrected chi connectivity index (χ1v) is 11.6. The lowest BCUT2D eigenvalue weighted by atomic mass is 10.2. The average Bonchev–Trinajstić information content (AvgIpc) is 3.02. The number of hydrogen-bond donors (Lipinski definition) is 2. The molecule has 0 fully saturated rings. The molecule has 164 valence electrons. The molecular formula is C22H26N4O4S. The molecule has 0 aliphatic carbocycles. The third-order valence-electron chi connectivity index (χ3n) is 4.80. The van der Waals surface area contributed by atoms with Crippen molar-refractivity contribution in [2.75, 3.05) is 25.5 Å². The Labute approximate surface area is 182 Å². The van der Waals surface area contributed by atoms with Gasteiger partial charge in [0.15, 0.2) is 0 Å². The fourth-order valence-corrected chi connectivity index (χ4v) is 4.34. The zero-order valence-corrected chi connectivity index (χ0v) is 18.2. The van der Waals surface area contributed by atoms with Crippen molar-refractivity contribution in [2.45, 2.75) is 30.6 Å². The second-order valence-corrected chi connectivity index (χ2v) is 9.03. The summed E-state index contributed by atoms with van der Waals surface area (Å²) in [7, 11) is -2.27. The van der Waals surface area contributed by atoms with Gasteiger partial charge in [0.2, 0.25) is 5.91 Å². The highest BCUT2D eigenvalue weighted by atomic mass is 32.2. The molecule has 31 heavy (non-hydrogen) atoms. The fourth-order valence-electron chi connectivity index (χ4n) is 3.20. The van der Waals surface area contributed by atoms with Crippen LogP contribution in [0, 0.1) is 0 Å². The van der Waals surface area contributed by atoms with Gasteiger partial charge >= 0.3 is 0 Å². The molecule has 0 aromatic heterocycles. The van der Waals surface area contributed by atoms with Crippen molar-refractivity contribution in [1.82, 2.24) is 9.62 Å². The van der Waals surface area contributed by atoms with Gasteiger partial charge in [-0.1, -0.05) is 30.7 Å². The van der Waals surface area contributed by atoms with E-state index in [1.54, 1.807) is 36.4 Å². The number of hydrogen-bond acceptors (Lipinski definition) is 5. The maximum atomic E-state index is 12.7. The van der Waals surface area contributed by atoms with Crippen molar-refractivity contribution in [1.29, 1.82) is 0 Å². The molecule has 0 saturated heterocycles. The van der Waals surface area contributed by atoms with Crippen LogP contribution >= 0.6 is 0 Å². The van der Waals surface area contributed by atoms with Gasteiger partial charge in [0, 0.05) is 31.3 Å². The van der Waals surface area contributed by atoms with Gasteiger partial charge in [0.05, 0.1) is 11.4 Å². The molecule has 3 rings (SSSR count). The highest BCUT2D eigenvalue weighted by molar-refractivity contribution is 7.90. The van der Waals surface area contributed by atoms with Crippen LogP contribution in [0.25, 0.3) is 0 Å². The molecule has 0 saturated carbocycles. The van der Waals surface area contributed by atoms with Gasteiger partial charge in [-0.2, -0.15) is 0 Å². The van der Waals surface area contributed by atoms with Crippen LogP contribution in [0.4, 0.5) is 5.69 Å². The number of nitrogens with zero attached hydrogens (tertiary/aromatic N) is 2. The first kappa shape index (κ1) is 22.5. The fraction of sp³-hybridized carbons (Fsp3) is 0.318. The van der Waals surface area contributed by atoms with Gasteiger partial charge in [-0.25, -0.2) is 8.42 Å². The number of amides is 2. The van der Waals surface area contributed by atoms with Gasteiger partial charge in [0.25, 0.3) is 15.9 Å². The minimum atomic E-state index is -3.80. The van der Waals surface area contributed by atoms with E-state index in [-0.39, 0.29) is 17.3 Å². The lowest BCUT2D eigenvalue weighted by Gasteiger charge is -2.17. The summed E-state index contributed by atoms with van der Waals surface area (Å²) in [5, 5.41) is 2.65. The zero-order valence-electron chi connectivity index (χ0n) is 17.4. The molecule has 1 heterocycles. The van der Waals surface area contributed by atoms with Crippen molar-refractivity contribution in [3.8, 4) is 0 Å². The normalized spacial score (nSPS) is 14.2. The standard InChI is InChI=1S/C22H26N4O4S/c1-26(22(28)17-9-4-2-5-10-17)16-21(27)24-18-11-8-12-19(15-18)31(29,30)25-20-13-6-3-7-14-23-20/h2,4-5,8-12,15H,3,6-7,13-14,16H2,1H3,(H,23,25)(H,24,27). The maximum absolute atomic E-state index is 12.7. The number of amidine groups is 1. The summed E-state index contributed by atoms with van der Waals surface area (Å²) in [6, 6.07) is 14.7. The van der Waals surface area contributed by atoms with Gasteiger partial charge in [-0.15, -0.1) is 0 Å². The molecule has 0 bridgehead atoms. The number of likely N-dealkylation sites (N-methyl/N-ethyl adjacent to an activating group) is 1. The maximum Gasteiger partial charge on any atom is 0.262 e. The first-order valence-electron chi connectivity index (χ1n) is 10.1. The van der Waals surface area contributed by atoms with Gasteiger partial charge < -0.3 is 10.2 Å². The number of rotatable bonds is 6. The molecule has 2 aromatic rings. The number of sulfonamides is 1. The molecule has 2 N–H and O–H groups in total. The van der Waals surface area contributed by atoms with Crippen molar-refractivity contribution >= 4 is 33.4 Å². The SMILES string of the molecule is CN(CC(=O)Nc1cccc(S(=O)(=O)NC2=NCCCCC2)c1)C(=O)c1ccccc1. The van der Waals surface area contributed by atoms with Crippen LogP contribution < -0.4 is 10.0 Å². The molecule has 0 radical (unpaired) electrons. The summed E-state index contributed by atoms with van der Waals surface area (Å²) < 4.78 is 28.0. The monoisotopic (exact) mass is 442 g/mol. The topological polar surface area (TPSA) is 108 Å². The van der Waals surface area contributed by atoms with E-state index in [0.717, 1.165) is 19.3 Å². The summed E-state index contributed by atoms with van der Waals surface area (Å²) in [5.41, 5.74) is 0.814. The minimum Gasteiger partial charge on any atom is -0.332 e. The number of nitrogens with one attached hydrogen (secondary N) is 2. The van der Waals surface area contributed by atoms with Gasteiger partial charge in [-0.05, 0) is 43.2 Å². The van der Waals surface area contributed by atoms with Crippen LogP contribution in [0.3, 0.4) is 0 Å². The second-order valence-electron chi connectivity index (χ2n) is 7.35. The molecule has 1 aliphatic rings. The summed E-state index contributed by atoms with van der Waals surface area (Å²) in [6.45, 7) is 0.447. The molecular weight excluding hydrogens is 416 g/mol. The summed E-state index contributed by atoms with van der Waals surface area (Å²) in [6.07, 6.45) is 3.47. The van der Waals surface area contributed by atoms with Crippen molar-refractivity contribution in [3.63, 3.8) is 0 Å². The Morgan fingerprint density at radius 2 is 1.81 bits per heavy atom. The Hall–Kier alpha value is -3.20. The Kier molecular flexibility index (Phi) is 7.41. The van der Waals surface area contributed by atoms with E-state index in [4.69, 9.17) is 0 Å². The average molecular weight is 443 g/mol. The molecule has 0 unspecified atom stereocenters. The van der Waals surface area contributed by atoms with Gasteiger partial charge in [-0.3, -0.25) is 19.3 Å². The van der Waals surface area contributed by atoms with E-state index < -0.39 is 15.9 Å². The summed E-state index contributed by atoms with van der Waals surface area (Å²) in [5.74, 6) is -0.240. The molecule has 0 atom stereocenters. The van der Waals surface area contributed by atoms with Gasteiger partial charge in [0.1, 0.15) is 5.84 Å². The van der Waals surface area contributed by atoms with Crippen molar-refractivity contribution in [3.05, 3.63) is 60.2 Å². The molecule has 2 amide bonds. The zero-order chi connectivity index (χ0) is 22.3. The Bertz CT molecular complexity index is 1070. The largest absolute Gasteiger partial charge is 0.332 e. The van der Waals surface area contributed by atoms with E-state index >= 15 is 0 Å². The Morgan fingerprint density at radius 1 is 1.03 bits per heavy atom.